The largest absolute Gasteiger partial charge is 0.294 e. The fourth-order valence-electron chi connectivity index (χ4n) is 6.97. The Kier molecular flexibility index (Phi) is 8.42. The third-order valence-corrected chi connectivity index (χ3v) is 9.23. The standard InChI is InChI=1S/C43H34N2.C2H6/c1-3-10-37-29(2)11-8-17-38(37)31-21-19-30(20-22-31)32-14-9-15-33(25-32)36-23-24-44-43(28-36)45-41-18-7-6-16-39(41)40-26-34-12-4-5-13-35(34)27-42(40)45;1-2/h3-19,21,23-28H,20,22H2,1-2H3;1-2H3/b10-3-;. The van der Waals surface area contributed by atoms with Crippen molar-refractivity contribution in [3.05, 3.63) is 162 Å². The SMILES string of the molecule is C/C=C\c1c(C)cccc1C1=CC=C(c2cccc(-c3ccnc(-n4c5ccccc5c5cc6ccccc6cc54)c3)c2)CC1.CC. The Balaban J connectivity index is 0.00000172. The van der Waals surface area contributed by atoms with E-state index in [9.17, 15) is 0 Å². The summed E-state index contributed by atoms with van der Waals surface area (Å²) in [6.07, 6.45) is 13.0. The van der Waals surface area contributed by atoms with E-state index in [-0.39, 0.29) is 0 Å². The van der Waals surface area contributed by atoms with Crippen LogP contribution in [0.5, 0.6) is 0 Å². The van der Waals surface area contributed by atoms with Crippen molar-refractivity contribution < 1.29 is 0 Å². The second-order valence-corrected chi connectivity index (χ2v) is 12.0. The van der Waals surface area contributed by atoms with Gasteiger partial charge in [-0.1, -0.05) is 117 Å². The van der Waals surface area contributed by atoms with Gasteiger partial charge in [0.2, 0.25) is 0 Å². The Labute approximate surface area is 278 Å². The maximum absolute atomic E-state index is 4.90. The Morgan fingerprint density at radius 2 is 1.32 bits per heavy atom. The minimum atomic E-state index is 0.930. The summed E-state index contributed by atoms with van der Waals surface area (Å²) in [6, 6.07) is 41.8. The van der Waals surface area contributed by atoms with E-state index in [1.54, 1.807) is 0 Å². The predicted octanol–water partition coefficient (Wildman–Crippen LogP) is 12.6. The molecule has 0 amide bonds. The number of rotatable bonds is 5. The van der Waals surface area contributed by atoms with E-state index in [2.05, 4.69) is 158 Å². The third kappa shape index (κ3) is 5.61. The van der Waals surface area contributed by atoms with Gasteiger partial charge < -0.3 is 0 Å². The molecule has 0 radical (unpaired) electrons. The van der Waals surface area contributed by atoms with E-state index in [0.29, 0.717) is 0 Å². The van der Waals surface area contributed by atoms with Crippen LogP contribution in [0.2, 0.25) is 0 Å². The van der Waals surface area contributed by atoms with Gasteiger partial charge in [-0.05, 0) is 118 Å². The molecule has 0 bridgehead atoms. The molecule has 1 aliphatic rings. The van der Waals surface area contributed by atoms with Gasteiger partial charge in [0.05, 0.1) is 11.0 Å². The molecule has 1 aliphatic carbocycles. The lowest BCUT2D eigenvalue weighted by Crippen LogP contribution is -1.98. The maximum Gasteiger partial charge on any atom is 0.138 e. The molecule has 47 heavy (non-hydrogen) atoms. The molecular weight excluding hydrogens is 569 g/mol. The van der Waals surface area contributed by atoms with Gasteiger partial charge >= 0.3 is 0 Å². The van der Waals surface area contributed by atoms with Gasteiger partial charge in [-0.15, -0.1) is 0 Å². The van der Waals surface area contributed by atoms with Gasteiger partial charge in [0.15, 0.2) is 0 Å². The Bertz CT molecular complexity index is 2340. The van der Waals surface area contributed by atoms with Crippen molar-refractivity contribution >= 4 is 49.8 Å². The van der Waals surface area contributed by atoms with E-state index < -0.39 is 0 Å². The van der Waals surface area contributed by atoms with Crippen LogP contribution in [-0.2, 0) is 0 Å². The summed E-state index contributed by atoms with van der Waals surface area (Å²) in [4.78, 5) is 4.90. The number of nitrogens with zero attached hydrogens (tertiary/aromatic N) is 2. The van der Waals surface area contributed by atoms with Crippen LogP contribution in [0.25, 0.3) is 66.7 Å². The third-order valence-electron chi connectivity index (χ3n) is 9.23. The fourth-order valence-corrected chi connectivity index (χ4v) is 6.97. The number of allylic oxidation sites excluding steroid dienone is 5. The van der Waals surface area contributed by atoms with Gasteiger partial charge in [-0.25, -0.2) is 4.98 Å². The Morgan fingerprint density at radius 3 is 2.13 bits per heavy atom. The van der Waals surface area contributed by atoms with Crippen molar-refractivity contribution in [2.75, 3.05) is 0 Å². The summed E-state index contributed by atoms with van der Waals surface area (Å²) in [5, 5.41) is 4.98. The number of aryl methyl sites for hydroxylation is 1. The van der Waals surface area contributed by atoms with E-state index in [4.69, 9.17) is 4.98 Å². The lowest BCUT2D eigenvalue weighted by atomic mass is 9.86. The van der Waals surface area contributed by atoms with Gasteiger partial charge in [0, 0.05) is 17.0 Å². The minimum Gasteiger partial charge on any atom is -0.294 e. The second-order valence-electron chi connectivity index (χ2n) is 12.0. The summed E-state index contributed by atoms with van der Waals surface area (Å²) in [6.45, 7) is 8.29. The van der Waals surface area contributed by atoms with Crippen molar-refractivity contribution in [1.82, 2.24) is 9.55 Å². The second kappa shape index (κ2) is 13.1. The Morgan fingerprint density at radius 1 is 0.617 bits per heavy atom. The molecule has 2 heteroatoms. The van der Waals surface area contributed by atoms with Crippen molar-refractivity contribution in [3.8, 4) is 16.9 Å². The molecule has 0 aliphatic heterocycles. The molecule has 230 valence electrons. The highest BCUT2D eigenvalue weighted by atomic mass is 15.1. The molecule has 2 nitrogen and oxygen atoms in total. The van der Waals surface area contributed by atoms with Crippen LogP contribution in [0.3, 0.4) is 0 Å². The zero-order chi connectivity index (χ0) is 32.3. The van der Waals surface area contributed by atoms with E-state index in [1.165, 1.54) is 71.5 Å². The highest BCUT2D eigenvalue weighted by Gasteiger charge is 2.16. The number of benzene rings is 5. The van der Waals surface area contributed by atoms with Crippen molar-refractivity contribution in [3.63, 3.8) is 0 Å². The molecule has 0 spiro atoms. The van der Waals surface area contributed by atoms with E-state index in [1.807, 2.05) is 20.0 Å². The summed E-state index contributed by atoms with van der Waals surface area (Å²) < 4.78 is 2.31. The quantitative estimate of drug-likeness (QED) is 0.190. The topological polar surface area (TPSA) is 17.8 Å². The first kappa shape index (κ1) is 30.2. The fraction of sp³-hybridized carbons (Fsp3) is 0.133. The van der Waals surface area contributed by atoms with Gasteiger partial charge in [0.1, 0.15) is 5.82 Å². The molecule has 2 aromatic heterocycles. The van der Waals surface area contributed by atoms with Crippen molar-refractivity contribution in [2.24, 2.45) is 0 Å². The minimum absolute atomic E-state index is 0.930. The van der Waals surface area contributed by atoms with Crippen LogP contribution in [0.4, 0.5) is 0 Å². The van der Waals surface area contributed by atoms with Crippen molar-refractivity contribution in [1.29, 1.82) is 0 Å². The maximum atomic E-state index is 4.90. The summed E-state index contributed by atoms with van der Waals surface area (Å²) >= 11 is 0. The first-order valence-electron chi connectivity index (χ1n) is 16.8. The van der Waals surface area contributed by atoms with Crippen LogP contribution >= 0.6 is 0 Å². The molecule has 8 rings (SSSR count). The van der Waals surface area contributed by atoms with Crippen LogP contribution in [0.15, 0.2) is 140 Å². The molecule has 0 saturated carbocycles. The number of para-hydroxylation sites is 1. The predicted molar refractivity (Wildman–Crippen MR) is 204 cm³/mol. The van der Waals surface area contributed by atoms with Crippen LogP contribution in [-0.4, -0.2) is 9.55 Å². The number of fused-ring (bicyclic) bond motifs is 4. The summed E-state index contributed by atoms with van der Waals surface area (Å²) in [5.41, 5.74) is 12.8. The molecule has 2 heterocycles. The first-order valence-corrected chi connectivity index (χ1v) is 16.8. The van der Waals surface area contributed by atoms with E-state index in [0.717, 1.165) is 24.2 Å². The molecule has 0 saturated heterocycles. The van der Waals surface area contributed by atoms with Crippen LogP contribution in [0, 0.1) is 6.92 Å². The molecule has 0 atom stereocenters. The van der Waals surface area contributed by atoms with Gasteiger partial charge in [-0.2, -0.15) is 0 Å². The first-order chi connectivity index (χ1) is 23.2. The number of hydrogen-bond acceptors (Lipinski definition) is 1. The summed E-state index contributed by atoms with van der Waals surface area (Å²) in [7, 11) is 0. The molecule has 0 N–H and O–H groups in total. The van der Waals surface area contributed by atoms with E-state index >= 15 is 0 Å². The monoisotopic (exact) mass is 608 g/mol. The lowest BCUT2D eigenvalue weighted by molar-refractivity contribution is 1.07. The molecule has 0 unspecified atom stereocenters. The molecule has 7 aromatic rings. The molecule has 5 aromatic carbocycles. The van der Waals surface area contributed by atoms with Gasteiger partial charge in [-0.3, -0.25) is 4.57 Å². The average Bonchev–Trinajstić information content (AvgIpc) is 3.46. The summed E-state index contributed by atoms with van der Waals surface area (Å²) in [5.74, 6) is 0.930. The zero-order valence-corrected chi connectivity index (χ0v) is 27.7. The average molecular weight is 609 g/mol. The van der Waals surface area contributed by atoms with Crippen LogP contribution < -0.4 is 0 Å². The molecule has 0 fully saturated rings. The highest BCUT2D eigenvalue weighted by molar-refractivity contribution is 6.13. The zero-order valence-electron chi connectivity index (χ0n) is 27.7. The smallest absolute Gasteiger partial charge is 0.138 e. The number of aromatic nitrogens is 2. The highest BCUT2D eigenvalue weighted by Crippen LogP contribution is 2.37. The normalized spacial score (nSPS) is 13.1. The number of hydrogen-bond donors (Lipinski definition) is 0. The molecular formula is C45H40N2. The Hall–Kier alpha value is -5.47. The lowest BCUT2D eigenvalue weighted by Gasteiger charge is -2.18. The van der Waals surface area contributed by atoms with Gasteiger partial charge in [0.25, 0.3) is 0 Å². The van der Waals surface area contributed by atoms with Crippen LogP contribution in [0.1, 0.15) is 55.9 Å². The number of pyridine rings is 1. The van der Waals surface area contributed by atoms with Crippen molar-refractivity contribution in [2.45, 2.75) is 40.5 Å².